The molecule has 0 fully saturated rings. The summed E-state index contributed by atoms with van der Waals surface area (Å²) in [6.07, 6.45) is 0. The highest BCUT2D eigenvalue weighted by Crippen LogP contribution is 2.35. The molecule has 2 aromatic carbocycles. The zero-order valence-electron chi connectivity index (χ0n) is 15.0. The van der Waals surface area contributed by atoms with Crippen LogP contribution in [0.4, 0.5) is 0 Å². The third-order valence-corrected chi connectivity index (χ3v) is 6.25. The minimum absolute atomic E-state index is 0.448. The van der Waals surface area contributed by atoms with Gasteiger partial charge in [-0.25, -0.2) is 4.98 Å². The van der Waals surface area contributed by atoms with Crippen LogP contribution < -0.4 is 9.47 Å². The maximum atomic E-state index is 12.5. The molecule has 0 bridgehead atoms. The van der Waals surface area contributed by atoms with Crippen molar-refractivity contribution in [3.63, 3.8) is 0 Å². The highest BCUT2D eigenvalue weighted by atomic mass is 32.2. The average molecular weight is 388 g/mol. The number of benzene rings is 2. The van der Waals surface area contributed by atoms with Crippen LogP contribution in [0.5, 0.6) is 11.5 Å². The van der Waals surface area contributed by atoms with Crippen LogP contribution in [-0.2, 0) is 22.3 Å². The quantitative estimate of drug-likeness (QED) is 0.595. The van der Waals surface area contributed by atoms with Crippen molar-refractivity contribution in [1.29, 1.82) is 0 Å². The van der Waals surface area contributed by atoms with Gasteiger partial charge in [0.25, 0.3) is 0 Å². The van der Waals surface area contributed by atoms with Gasteiger partial charge in [-0.3, -0.25) is 4.21 Å². The molecule has 0 saturated carbocycles. The van der Waals surface area contributed by atoms with Crippen molar-refractivity contribution >= 4 is 22.1 Å². The minimum Gasteiger partial charge on any atom is -0.497 e. The van der Waals surface area contributed by atoms with Crippen molar-refractivity contribution in [2.75, 3.05) is 14.2 Å². The third kappa shape index (κ3) is 4.31. The maximum absolute atomic E-state index is 12.5. The fraction of sp³-hybridized carbons (Fsp3) is 0.250. The molecule has 0 aliphatic rings. The molecule has 136 valence electrons. The van der Waals surface area contributed by atoms with E-state index < -0.39 is 10.8 Å². The fourth-order valence-corrected chi connectivity index (χ4v) is 4.84. The molecule has 3 rings (SSSR count). The number of hydrogen-bond donors (Lipinski definition) is 0. The standard InChI is InChI=1S/C20H21NO3S2/c1-14-6-4-5-7-15(14)12-26(22)13-16-11-25-20(21-16)18-9-8-17(23-2)10-19(18)24-3/h4-11H,12-13H2,1-3H3. The van der Waals surface area contributed by atoms with E-state index >= 15 is 0 Å². The number of nitrogens with zero attached hydrogens (tertiary/aromatic N) is 1. The van der Waals surface area contributed by atoms with Gasteiger partial charge in [0.05, 0.1) is 31.2 Å². The van der Waals surface area contributed by atoms with Crippen molar-refractivity contribution in [3.05, 3.63) is 64.7 Å². The summed E-state index contributed by atoms with van der Waals surface area (Å²) in [5.41, 5.74) is 4.05. The van der Waals surface area contributed by atoms with Crippen molar-refractivity contribution < 1.29 is 13.7 Å². The molecule has 0 aliphatic carbocycles. The van der Waals surface area contributed by atoms with Crippen LogP contribution in [0.1, 0.15) is 16.8 Å². The molecule has 0 radical (unpaired) electrons. The molecule has 0 amide bonds. The summed E-state index contributed by atoms with van der Waals surface area (Å²) in [4.78, 5) is 4.65. The number of methoxy groups -OCH3 is 2. The Hall–Kier alpha value is -2.18. The first kappa shape index (κ1) is 18.6. The van der Waals surface area contributed by atoms with Crippen LogP contribution in [0, 0.1) is 6.92 Å². The number of ether oxygens (including phenoxy) is 2. The van der Waals surface area contributed by atoms with Crippen LogP contribution in [0.25, 0.3) is 10.6 Å². The van der Waals surface area contributed by atoms with Gasteiger partial charge in [-0.2, -0.15) is 0 Å². The van der Waals surface area contributed by atoms with E-state index in [9.17, 15) is 4.21 Å². The third-order valence-electron chi connectivity index (χ3n) is 4.08. The second-order valence-electron chi connectivity index (χ2n) is 5.87. The summed E-state index contributed by atoms with van der Waals surface area (Å²) in [5, 5.41) is 2.82. The lowest BCUT2D eigenvalue weighted by atomic mass is 10.1. The van der Waals surface area contributed by atoms with Gasteiger partial charge >= 0.3 is 0 Å². The smallest absolute Gasteiger partial charge is 0.132 e. The van der Waals surface area contributed by atoms with Crippen LogP contribution in [0.2, 0.25) is 0 Å². The topological polar surface area (TPSA) is 48.4 Å². The predicted molar refractivity (Wildman–Crippen MR) is 107 cm³/mol. The van der Waals surface area contributed by atoms with E-state index in [1.807, 2.05) is 54.8 Å². The van der Waals surface area contributed by atoms with Gasteiger partial charge in [-0.05, 0) is 30.2 Å². The summed E-state index contributed by atoms with van der Waals surface area (Å²) < 4.78 is 23.2. The van der Waals surface area contributed by atoms with Gasteiger partial charge in [0.15, 0.2) is 0 Å². The Balaban J connectivity index is 1.74. The molecule has 1 aromatic heterocycles. The lowest BCUT2D eigenvalue weighted by molar-refractivity contribution is 0.395. The average Bonchev–Trinajstić information content (AvgIpc) is 3.11. The van der Waals surface area contributed by atoms with Crippen molar-refractivity contribution in [2.45, 2.75) is 18.4 Å². The first-order chi connectivity index (χ1) is 12.6. The van der Waals surface area contributed by atoms with E-state index in [4.69, 9.17) is 9.47 Å². The number of aromatic nitrogens is 1. The summed E-state index contributed by atoms with van der Waals surface area (Å²) in [6.45, 7) is 2.05. The number of aryl methyl sites for hydroxylation is 1. The Morgan fingerprint density at radius 1 is 1.08 bits per heavy atom. The maximum Gasteiger partial charge on any atom is 0.132 e. The van der Waals surface area contributed by atoms with Gasteiger partial charge < -0.3 is 9.47 Å². The summed E-state index contributed by atoms with van der Waals surface area (Å²) in [5.74, 6) is 2.45. The zero-order chi connectivity index (χ0) is 18.5. The van der Waals surface area contributed by atoms with Crippen molar-refractivity contribution in [1.82, 2.24) is 4.98 Å². The van der Waals surface area contributed by atoms with Gasteiger partial charge in [0.2, 0.25) is 0 Å². The second kappa shape index (κ2) is 8.47. The summed E-state index contributed by atoms with van der Waals surface area (Å²) in [7, 11) is 2.26. The van der Waals surface area contributed by atoms with E-state index in [0.717, 1.165) is 27.6 Å². The molecule has 26 heavy (non-hydrogen) atoms. The van der Waals surface area contributed by atoms with Crippen LogP contribution in [0.3, 0.4) is 0 Å². The largest absolute Gasteiger partial charge is 0.497 e. The molecule has 1 heterocycles. The van der Waals surface area contributed by atoms with Gasteiger partial charge in [0, 0.05) is 28.0 Å². The Labute approximate surface area is 160 Å². The highest BCUT2D eigenvalue weighted by molar-refractivity contribution is 7.83. The number of hydrogen-bond acceptors (Lipinski definition) is 5. The molecule has 6 heteroatoms. The Kier molecular flexibility index (Phi) is 6.06. The van der Waals surface area contributed by atoms with Gasteiger partial charge in [-0.1, -0.05) is 24.3 Å². The predicted octanol–water partition coefficient (Wildman–Crippen LogP) is 4.58. The van der Waals surface area contributed by atoms with Gasteiger partial charge in [-0.15, -0.1) is 11.3 Å². The highest BCUT2D eigenvalue weighted by Gasteiger charge is 2.13. The van der Waals surface area contributed by atoms with Crippen molar-refractivity contribution in [2.24, 2.45) is 0 Å². The Morgan fingerprint density at radius 2 is 1.88 bits per heavy atom. The van der Waals surface area contributed by atoms with Crippen LogP contribution in [0.15, 0.2) is 47.8 Å². The van der Waals surface area contributed by atoms with E-state index in [-0.39, 0.29) is 0 Å². The summed E-state index contributed by atoms with van der Waals surface area (Å²) >= 11 is 1.53. The van der Waals surface area contributed by atoms with Gasteiger partial charge in [0.1, 0.15) is 16.5 Å². The van der Waals surface area contributed by atoms with E-state index in [0.29, 0.717) is 17.3 Å². The van der Waals surface area contributed by atoms with E-state index in [1.165, 1.54) is 16.9 Å². The molecular formula is C20H21NO3S2. The normalized spacial score (nSPS) is 12.0. The lowest BCUT2D eigenvalue weighted by Crippen LogP contribution is -2.01. The second-order valence-corrected chi connectivity index (χ2v) is 8.18. The molecular weight excluding hydrogens is 366 g/mol. The molecule has 1 atom stereocenters. The molecule has 0 N–H and O–H groups in total. The lowest BCUT2D eigenvalue weighted by Gasteiger charge is -2.08. The molecule has 0 saturated heterocycles. The molecule has 1 unspecified atom stereocenters. The first-order valence-corrected chi connectivity index (χ1v) is 10.5. The summed E-state index contributed by atoms with van der Waals surface area (Å²) in [6, 6.07) is 13.7. The van der Waals surface area contributed by atoms with E-state index in [2.05, 4.69) is 4.98 Å². The van der Waals surface area contributed by atoms with Crippen LogP contribution in [-0.4, -0.2) is 23.4 Å². The SMILES string of the molecule is COc1ccc(-c2nc(CS(=O)Cc3ccccc3C)cs2)c(OC)c1. The number of rotatable bonds is 7. The van der Waals surface area contributed by atoms with Crippen LogP contribution >= 0.6 is 11.3 Å². The zero-order valence-corrected chi connectivity index (χ0v) is 16.7. The number of thiazole rings is 1. The Bertz CT molecular complexity index is 921. The fourth-order valence-electron chi connectivity index (χ4n) is 2.63. The first-order valence-electron chi connectivity index (χ1n) is 8.17. The molecule has 0 spiro atoms. The molecule has 4 nitrogen and oxygen atoms in total. The van der Waals surface area contributed by atoms with E-state index in [1.54, 1.807) is 14.2 Å². The van der Waals surface area contributed by atoms with Crippen molar-refractivity contribution in [3.8, 4) is 22.1 Å². The molecule has 0 aliphatic heterocycles. The monoisotopic (exact) mass is 387 g/mol. The Morgan fingerprint density at radius 3 is 2.62 bits per heavy atom. The minimum atomic E-state index is -0.995. The molecule has 3 aromatic rings.